The van der Waals surface area contributed by atoms with Crippen molar-refractivity contribution in [3.05, 3.63) is 35.6 Å². The zero-order valence-electron chi connectivity index (χ0n) is 15.8. The van der Waals surface area contributed by atoms with Gasteiger partial charge in [0.05, 0.1) is 11.8 Å². The number of amides is 1. The van der Waals surface area contributed by atoms with Crippen LogP contribution in [0.4, 0.5) is 4.39 Å². The highest BCUT2D eigenvalue weighted by Gasteiger charge is 2.32. The molecule has 0 spiro atoms. The molecule has 1 heterocycles. The summed E-state index contributed by atoms with van der Waals surface area (Å²) in [6.07, 6.45) is 4.72. The third kappa shape index (κ3) is 6.26. The fourth-order valence-electron chi connectivity index (χ4n) is 3.56. The molecule has 0 aromatic heterocycles. The quantitative estimate of drug-likeness (QED) is 0.283. The van der Waals surface area contributed by atoms with Crippen molar-refractivity contribution in [3.8, 4) is 0 Å². The number of hydrogen-bond acceptors (Lipinski definition) is 4. The Balaban J connectivity index is 1.95. The molecule has 0 aliphatic carbocycles. The van der Waals surface area contributed by atoms with E-state index >= 15 is 0 Å². The summed E-state index contributed by atoms with van der Waals surface area (Å²) >= 11 is 0. The molecule has 0 radical (unpaired) electrons. The number of hydroxylamine groups is 2. The summed E-state index contributed by atoms with van der Waals surface area (Å²) in [6.45, 7) is 2.81. The van der Waals surface area contributed by atoms with E-state index in [9.17, 15) is 22.8 Å². The smallest absolute Gasteiger partial charge is 0.233 e. The molecular formula is C19H29FN2O4S. The first-order valence-corrected chi connectivity index (χ1v) is 11.1. The van der Waals surface area contributed by atoms with Gasteiger partial charge < -0.3 is 0 Å². The fraction of sp³-hybridized carbons (Fsp3) is 0.632. The molecule has 1 saturated heterocycles. The van der Waals surface area contributed by atoms with Crippen molar-refractivity contribution < 1.29 is 22.8 Å². The van der Waals surface area contributed by atoms with Gasteiger partial charge in [-0.3, -0.25) is 10.0 Å². The maximum Gasteiger partial charge on any atom is 0.233 e. The molecule has 1 aliphatic rings. The van der Waals surface area contributed by atoms with Gasteiger partial charge in [-0.15, -0.1) is 0 Å². The molecule has 1 unspecified atom stereocenters. The summed E-state index contributed by atoms with van der Waals surface area (Å²) in [5.41, 5.74) is 1.02. The molecule has 1 aromatic rings. The maximum absolute atomic E-state index is 13.1. The van der Waals surface area contributed by atoms with E-state index < -0.39 is 16.1 Å². The Hall–Kier alpha value is -1.51. The largest absolute Gasteiger partial charge is 0.286 e. The molecule has 0 bridgehead atoms. The van der Waals surface area contributed by atoms with E-state index in [0.29, 0.717) is 37.4 Å². The van der Waals surface area contributed by atoms with E-state index in [1.807, 2.05) is 6.92 Å². The van der Waals surface area contributed by atoms with Crippen molar-refractivity contribution in [3.63, 3.8) is 0 Å². The molecule has 1 amide bonds. The topological polar surface area (TPSA) is 77.9 Å². The minimum atomic E-state index is -3.57. The predicted molar refractivity (Wildman–Crippen MR) is 101 cm³/mol. The minimum absolute atomic E-state index is 0.210. The fourth-order valence-corrected chi connectivity index (χ4v) is 5.34. The number of carbonyl (C=O) groups excluding carboxylic acids is 1. The summed E-state index contributed by atoms with van der Waals surface area (Å²) in [7, 11) is -3.57. The van der Waals surface area contributed by atoms with Crippen molar-refractivity contribution in [2.45, 2.75) is 57.4 Å². The molecule has 1 atom stereocenters. The Labute approximate surface area is 161 Å². The van der Waals surface area contributed by atoms with Gasteiger partial charge in [-0.05, 0) is 42.9 Å². The average molecular weight is 401 g/mol. The van der Waals surface area contributed by atoms with Gasteiger partial charge in [0.25, 0.3) is 0 Å². The Morgan fingerprint density at radius 2 is 1.89 bits per heavy atom. The minimum Gasteiger partial charge on any atom is -0.286 e. The molecule has 27 heavy (non-hydrogen) atoms. The van der Waals surface area contributed by atoms with Crippen LogP contribution >= 0.6 is 0 Å². The lowest BCUT2D eigenvalue weighted by atomic mass is 9.90. The monoisotopic (exact) mass is 400 g/mol. The Morgan fingerprint density at radius 1 is 1.26 bits per heavy atom. The van der Waals surface area contributed by atoms with E-state index in [0.717, 1.165) is 24.8 Å². The second-order valence-electron chi connectivity index (χ2n) is 7.14. The van der Waals surface area contributed by atoms with Gasteiger partial charge in [-0.1, -0.05) is 38.3 Å². The van der Waals surface area contributed by atoms with Crippen molar-refractivity contribution in [1.82, 2.24) is 9.37 Å². The molecule has 1 fully saturated rings. The summed E-state index contributed by atoms with van der Waals surface area (Å²) in [4.78, 5) is 10.9. The molecule has 2 rings (SSSR count). The number of unbranched alkanes of at least 4 members (excludes halogenated alkanes) is 2. The molecule has 1 aromatic carbocycles. The summed E-state index contributed by atoms with van der Waals surface area (Å²) < 4.78 is 40.0. The number of nitrogens with zero attached hydrogens (tertiary/aromatic N) is 2. The number of halogens is 1. The van der Waals surface area contributed by atoms with Gasteiger partial charge in [0.2, 0.25) is 16.4 Å². The van der Waals surface area contributed by atoms with Crippen molar-refractivity contribution in [2.24, 2.45) is 0 Å². The first-order valence-electron chi connectivity index (χ1n) is 9.53. The Bertz CT molecular complexity index is 688. The number of carbonyl (C=O) groups is 1. The van der Waals surface area contributed by atoms with Gasteiger partial charge >= 0.3 is 0 Å². The zero-order chi connectivity index (χ0) is 19.9. The number of piperidine rings is 1. The highest BCUT2D eigenvalue weighted by molar-refractivity contribution is 7.89. The van der Waals surface area contributed by atoms with Crippen LogP contribution in [0.2, 0.25) is 0 Å². The third-order valence-electron chi connectivity index (χ3n) is 5.21. The Kier molecular flexibility index (Phi) is 8.19. The van der Waals surface area contributed by atoms with Crippen LogP contribution in [0.25, 0.3) is 0 Å². The SMILES string of the molecule is CCCCCC(CS(=O)(=O)N1CCC(c2ccc(F)cc2)CC1)N(O)C=O. The predicted octanol–water partition coefficient (Wildman–Crippen LogP) is 3.13. The lowest BCUT2D eigenvalue weighted by Crippen LogP contribution is -2.45. The van der Waals surface area contributed by atoms with Crippen molar-refractivity contribution >= 4 is 16.4 Å². The first kappa shape index (κ1) is 21.8. The molecule has 1 N–H and O–H groups in total. The first-order chi connectivity index (χ1) is 12.9. The highest BCUT2D eigenvalue weighted by atomic mass is 32.2. The number of benzene rings is 1. The summed E-state index contributed by atoms with van der Waals surface area (Å²) in [6, 6.07) is 5.63. The lowest BCUT2D eigenvalue weighted by molar-refractivity contribution is -0.158. The lowest BCUT2D eigenvalue weighted by Gasteiger charge is -2.33. The number of sulfonamides is 1. The average Bonchev–Trinajstić information content (AvgIpc) is 2.67. The van der Waals surface area contributed by atoms with Crippen LogP contribution in [0.5, 0.6) is 0 Å². The molecular weight excluding hydrogens is 371 g/mol. The molecule has 152 valence electrons. The normalized spacial score (nSPS) is 17.6. The second-order valence-corrected chi connectivity index (χ2v) is 9.15. The summed E-state index contributed by atoms with van der Waals surface area (Å²) in [5, 5.41) is 10.2. The van der Waals surface area contributed by atoms with Crippen LogP contribution in [0, 0.1) is 5.82 Å². The van der Waals surface area contributed by atoms with Crippen LogP contribution in [-0.4, -0.2) is 54.3 Å². The van der Waals surface area contributed by atoms with E-state index in [2.05, 4.69) is 0 Å². The Morgan fingerprint density at radius 3 is 2.44 bits per heavy atom. The molecule has 6 nitrogen and oxygen atoms in total. The number of rotatable bonds is 10. The van der Waals surface area contributed by atoms with Gasteiger partial charge in [-0.25, -0.2) is 22.2 Å². The van der Waals surface area contributed by atoms with E-state index in [1.54, 1.807) is 12.1 Å². The van der Waals surface area contributed by atoms with Gasteiger partial charge in [-0.2, -0.15) is 0 Å². The standard InChI is InChI=1S/C19H29FN2O4S/c1-2-3-4-5-19(22(24)15-23)14-27(25,26)21-12-10-17(11-13-21)16-6-8-18(20)9-7-16/h6-9,15,17,19,24H,2-5,10-14H2,1H3. The van der Waals surface area contributed by atoms with Crippen molar-refractivity contribution in [2.75, 3.05) is 18.8 Å². The van der Waals surface area contributed by atoms with E-state index in [1.165, 1.54) is 16.4 Å². The highest BCUT2D eigenvalue weighted by Crippen LogP contribution is 2.29. The van der Waals surface area contributed by atoms with Gasteiger partial charge in [0, 0.05) is 13.1 Å². The van der Waals surface area contributed by atoms with Crippen LogP contribution in [0.3, 0.4) is 0 Å². The number of hydrogen-bond donors (Lipinski definition) is 1. The van der Waals surface area contributed by atoms with Crippen LogP contribution in [0.15, 0.2) is 24.3 Å². The molecule has 1 aliphatic heterocycles. The van der Waals surface area contributed by atoms with Crippen LogP contribution in [-0.2, 0) is 14.8 Å². The summed E-state index contributed by atoms with van der Waals surface area (Å²) in [5.74, 6) is -0.342. The van der Waals surface area contributed by atoms with Crippen molar-refractivity contribution in [1.29, 1.82) is 0 Å². The van der Waals surface area contributed by atoms with Gasteiger partial charge in [0.15, 0.2) is 0 Å². The van der Waals surface area contributed by atoms with Gasteiger partial charge in [0.1, 0.15) is 5.82 Å². The zero-order valence-corrected chi connectivity index (χ0v) is 16.6. The molecule has 8 heteroatoms. The maximum atomic E-state index is 13.1. The van der Waals surface area contributed by atoms with E-state index in [4.69, 9.17) is 0 Å². The third-order valence-corrected chi connectivity index (χ3v) is 7.17. The van der Waals surface area contributed by atoms with Crippen LogP contribution < -0.4 is 0 Å². The second kappa shape index (κ2) is 10.1. The molecule has 0 saturated carbocycles. The van der Waals surface area contributed by atoms with E-state index in [-0.39, 0.29) is 23.9 Å². The van der Waals surface area contributed by atoms with Crippen LogP contribution in [0.1, 0.15) is 56.9 Å².